The molecule has 1 aromatic heterocycles. The summed E-state index contributed by atoms with van der Waals surface area (Å²) < 4.78 is 0. The topological polar surface area (TPSA) is 78.8 Å². The Balaban J connectivity index is 2.12. The molecule has 21 heavy (non-hydrogen) atoms. The smallest absolute Gasteiger partial charge is 0.187 e. The molecule has 1 heterocycles. The Morgan fingerprint density at radius 2 is 2.14 bits per heavy atom. The number of nitrogens with zero attached hydrogens (tertiary/aromatic N) is 4. The van der Waals surface area contributed by atoms with Crippen molar-refractivity contribution in [2.45, 2.75) is 25.3 Å². The average molecular weight is 281 g/mol. The van der Waals surface area contributed by atoms with E-state index in [-0.39, 0.29) is 0 Å². The van der Waals surface area contributed by atoms with Crippen LogP contribution in [0.3, 0.4) is 0 Å². The molecular weight excluding hydrogens is 262 g/mol. The van der Waals surface area contributed by atoms with E-state index in [1.165, 1.54) is 6.42 Å². The van der Waals surface area contributed by atoms with Gasteiger partial charge in [-0.2, -0.15) is 5.26 Å². The van der Waals surface area contributed by atoms with Gasteiger partial charge in [-0.3, -0.25) is 0 Å². The molecule has 1 saturated carbocycles. The highest BCUT2D eigenvalue weighted by molar-refractivity contribution is 5.93. The number of nitriles is 1. The fourth-order valence-corrected chi connectivity index (χ4v) is 3.44. The standard InChI is InChI=1S/C16H19N5/c1-21(15-8-4-5-11(15)9-17)16-12-6-2-3-7-13(12)19-20-14(16)10-18/h2-3,6-7,11,15H,4-5,8-9,17H2,1H3. The first-order chi connectivity index (χ1) is 10.3. The van der Waals surface area contributed by atoms with E-state index in [1.807, 2.05) is 31.3 Å². The Kier molecular flexibility index (Phi) is 3.72. The first-order valence-corrected chi connectivity index (χ1v) is 7.34. The SMILES string of the molecule is CN(c1c(C#N)nnc2ccccc12)C1CCCC1CN. The minimum atomic E-state index is 0.370. The molecule has 0 bridgehead atoms. The van der Waals surface area contributed by atoms with E-state index < -0.39 is 0 Å². The molecule has 0 saturated heterocycles. The van der Waals surface area contributed by atoms with Gasteiger partial charge in [0.05, 0.1) is 11.2 Å². The van der Waals surface area contributed by atoms with Gasteiger partial charge < -0.3 is 10.6 Å². The number of aromatic nitrogens is 2. The molecule has 0 radical (unpaired) electrons. The maximum absolute atomic E-state index is 9.39. The summed E-state index contributed by atoms with van der Waals surface area (Å²) in [5.41, 5.74) is 7.99. The van der Waals surface area contributed by atoms with Crippen molar-refractivity contribution >= 4 is 16.6 Å². The third-order valence-electron chi connectivity index (χ3n) is 4.52. The first kappa shape index (κ1) is 13.8. The average Bonchev–Trinajstić information content (AvgIpc) is 3.01. The van der Waals surface area contributed by atoms with Crippen LogP contribution in [-0.4, -0.2) is 29.8 Å². The van der Waals surface area contributed by atoms with Crippen LogP contribution in [0, 0.1) is 17.2 Å². The second-order valence-electron chi connectivity index (χ2n) is 5.63. The Morgan fingerprint density at radius 3 is 2.90 bits per heavy atom. The number of hydrogen-bond donors (Lipinski definition) is 1. The molecule has 1 fully saturated rings. The van der Waals surface area contributed by atoms with Crippen LogP contribution in [0.5, 0.6) is 0 Å². The van der Waals surface area contributed by atoms with Crippen LogP contribution in [0.4, 0.5) is 5.69 Å². The highest BCUT2D eigenvalue weighted by atomic mass is 15.2. The van der Waals surface area contributed by atoms with Crippen LogP contribution in [0.15, 0.2) is 24.3 Å². The highest BCUT2D eigenvalue weighted by Crippen LogP contribution is 2.35. The van der Waals surface area contributed by atoms with E-state index in [4.69, 9.17) is 5.73 Å². The molecule has 2 N–H and O–H groups in total. The Hall–Kier alpha value is -2.19. The zero-order valence-electron chi connectivity index (χ0n) is 12.2. The summed E-state index contributed by atoms with van der Waals surface area (Å²) in [6.07, 6.45) is 3.46. The molecule has 5 nitrogen and oxygen atoms in total. The van der Waals surface area contributed by atoms with Gasteiger partial charge in [0.15, 0.2) is 5.69 Å². The lowest BCUT2D eigenvalue weighted by Gasteiger charge is -2.32. The van der Waals surface area contributed by atoms with Crippen LogP contribution in [-0.2, 0) is 0 Å². The third kappa shape index (κ3) is 2.32. The largest absolute Gasteiger partial charge is 0.368 e. The highest BCUT2D eigenvalue weighted by Gasteiger charge is 2.31. The molecule has 5 heteroatoms. The second-order valence-corrected chi connectivity index (χ2v) is 5.63. The summed E-state index contributed by atoms with van der Waals surface area (Å²) in [6, 6.07) is 10.4. The molecule has 2 aromatic rings. The molecule has 1 aliphatic rings. The van der Waals surface area contributed by atoms with Crippen molar-refractivity contribution < 1.29 is 0 Å². The zero-order chi connectivity index (χ0) is 14.8. The minimum Gasteiger partial charge on any atom is -0.368 e. The van der Waals surface area contributed by atoms with Gasteiger partial charge in [0.25, 0.3) is 0 Å². The minimum absolute atomic E-state index is 0.370. The molecule has 0 aliphatic heterocycles. The maximum Gasteiger partial charge on any atom is 0.187 e. The van der Waals surface area contributed by atoms with Gasteiger partial charge >= 0.3 is 0 Å². The molecule has 1 aromatic carbocycles. The van der Waals surface area contributed by atoms with Crippen molar-refractivity contribution in [1.29, 1.82) is 5.26 Å². The van der Waals surface area contributed by atoms with E-state index >= 15 is 0 Å². The van der Waals surface area contributed by atoms with Crippen LogP contribution in [0.25, 0.3) is 10.9 Å². The number of anilines is 1. The fraction of sp³-hybridized carbons (Fsp3) is 0.438. The monoisotopic (exact) mass is 281 g/mol. The number of rotatable bonds is 3. The Bertz CT molecular complexity index is 691. The van der Waals surface area contributed by atoms with Gasteiger partial charge in [0.2, 0.25) is 0 Å². The van der Waals surface area contributed by atoms with Gasteiger partial charge in [-0.1, -0.05) is 24.6 Å². The van der Waals surface area contributed by atoms with E-state index in [9.17, 15) is 5.26 Å². The fourth-order valence-electron chi connectivity index (χ4n) is 3.44. The molecule has 2 unspecified atom stereocenters. The second kappa shape index (κ2) is 5.66. The van der Waals surface area contributed by atoms with Gasteiger partial charge in [0, 0.05) is 18.5 Å². The number of fused-ring (bicyclic) bond motifs is 1. The lowest BCUT2D eigenvalue weighted by atomic mass is 10.0. The van der Waals surface area contributed by atoms with Crippen molar-refractivity contribution in [1.82, 2.24) is 10.2 Å². The first-order valence-electron chi connectivity index (χ1n) is 7.34. The molecule has 2 atom stereocenters. The van der Waals surface area contributed by atoms with E-state index in [2.05, 4.69) is 21.2 Å². The van der Waals surface area contributed by atoms with E-state index in [0.29, 0.717) is 24.2 Å². The van der Waals surface area contributed by atoms with Crippen LogP contribution < -0.4 is 10.6 Å². The predicted octanol–water partition coefficient (Wildman–Crippen LogP) is 2.07. The van der Waals surface area contributed by atoms with Crippen molar-refractivity contribution in [3.63, 3.8) is 0 Å². The molecule has 108 valence electrons. The van der Waals surface area contributed by atoms with E-state index in [1.54, 1.807) is 0 Å². The van der Waals surface area contributed by atoms with Crippen molar-refractivity contribution in [2.24, 2.45) is 11.7 Å². The summed E-state index contributed by atoms with van der Waals surface area (Å²) in [6.45, 7) is 0.688. The predicted molar refractivity (Wildman–Crippen MR) is 82.8 cm³/mol. The lowest BCUT2D eigenvalue weighted by molar-refractivity contribution is 0.474. The van der Waals surface area contributed by atoms with Crippen molar-refractivity contribution in [3.05, 3.63) is 30.0 Å². The third-order valence-corrected chi connectivity index (χ3v) is 4.52. The maximum atomic E-state index is 9.39. The van der Waals surface area contributed by atoms with Crippen LogP contribution >= 0.6 is 0 Å². The molecular formula is C16H19N5. The van der Waals surface area contributed by atoms with Crippen LogP contribution in [0.1, 0.15) is 25.0 Å². The summed E-state index contributed by atoms with van der Waals surface area (Å²) in [5.74, 6) is 0.480. The normalized spacial score (nSPS) is 21.4. The zero-order valence-corrected chi connectivity index (χ0v) is 12.2. The van der Waals surface area contributed by atoms with Gasteiger partial charge in [0.1, 0.15) is 6.07 Å². The molecule has 0 amide bonds. The van der Waals surface area contributed by atoms with Gasteiger partial charge in [-0.15, -0.1) is 10.2 Å². The lowest BCUT2D eigenvalue weighted by Crippen LogP contribution is -2.38. The Morgan fingerprint density at radius 1 is 1.33 bits per heavy atom. The van der Waals surface area contributed by atoms with Crippen molar-refractivity contribution in [3.8, 4) is 6.07 Å². The summed E-state index contributed by atoms with van der Waals surface area (Å²) in [5, 5.41) is 18.6. The van der Waals surface area contributed by atoms with Gasteiger partial charge in [-0.05, 0) is 31.4 Å². The summed E-state index contributed by atoms with van der Waals surface area (Å²) >= 11 is 0. The summed E-state index contributed by atoms with van der Waals surface area (Å²) in [4.78, 5) is 2.19. The van der Waals surface area contributed by atoms with E-state index in [0.717, 1.165) is 29.4 Å². The molecule has 3 rings (SSSR count). The number of hydrogen-bond acceptors (Lipinski definition) is 5. The van der Waals surface area contributed by atoms with Crippen molar-refractivity contribution in [2.75, 3.05) is 18.5 Å². The van der Waals surface area contributed by atoms with Crippen LogP contribution in [0.2, 0.25) is 0 Å². The molecule has 1 aliphatic carbocycles. The van der Waals surface area contributed by atoms with Gasteiger partial charge in [-0.25, -0.2) is 0 Å². The quantitative estimate of drug-likeness (QED) is 0.931. The molecule has 0 spiro atoms. The Labute approximate surface area is 124 Å². The number of nitrogens with two attached hydrogens (primary N) is 1. The summed E-state index contributed by atoms with van der Waals surface area (Å²) in [7, 11) is 2.04. The number of benzene rings is 1.